The second kappa shape index (κ2) is 6.06. The van der Waals surface area contributed by atoms with Crippen molar-refractivity contribution in [2.75, 3.05) is 26.3 Å². The number of hydrogen-bond donors (Lipinski definition) is 1. The predicted octanol–water partition coefficient (Wildman–Crippen LogP) is -1.07. The van der Waals surface area contributed by atoms with Gasteiger partial charge < -0.3 is 15.2 Å². The van der Waals surface area contributed by atoms with Crippen LogP contribution >= 0.6 is 0 Å². The minimum atomic E-state index is -0.775. The van der Waals surface area contributed by atoms with E-state index in [2.05, 4.69) is 6.58 Å². The maximum atomic E-state index is 12.1. The standard InChI is InChI=1S/C13H17N3O5/c1-3-5-21-13(19)10-8(12(18)20-4-2)6-15-7-9(14)11(17)16(10)15/h3,9H,1,4-7,14H2,2H3/t9-/m0/s1. The lowest BCUT2D eigenvalue weighted by molar-refractivity contribution is -0.146. The van der Waals surface area contributed by atoms with Crippen molar-refractivity contribution in [1.82, 2.24) is 10.0 Å². The second-order valence-electron chi connectivity index (χ2n) is 4.54. The van der Waals surface area contributed by atoms with Gasteiger partial charge in [0, 0.05) is 6.54 Å². The van der Waals surface area contributed by atoms with Crippen LogP contribution in [0.1, 0.15) is 6.92 Å². The molecule has 2 rings (SSSR count). The zero-order chi connectivity index (χ0) is 15.6. The monoisotopic (exact) mass is 295 g/mol. The van der Waals surface area contributed by atoms with Crippen molar-refractivity contribution in [3.05, 3.63) is 23.9 Å². The normalized spacial score (nSPS) is 21.5. The van der Waals surface area contributed by atoms with Crippen molar-refractivity contribution in [2.45, 2.75) is 13.0 Å². The lowest BCUT2D eigenvalue weighted by Crippen LogP contribution is -2.38. The first-order valence-electron chi connectivity index (χ1n) is 6.54. The molecule has 8 nitrogen and oxygen atoms in total. The molecule has 0 radical (unpaired) electrons. The molecule has 0 bridgehead atoms. The second-order valence-corrected chi connectivity index (χ2v) is 4.54. The Morgan fingerprint density at radius 2 is 2.14 bits per heavy atom. The third kappa shape index (κ3) is 2.67. The highest BCUT2D eigenvalue weighted by Gasteiger charge is 2.48. The molecule has 1 amide bonds. The Morgan fingerprint density at radius 1 is 1.43 bits per heavy atom. The Balaban J connectivity index is 2.34. The van der Waals surface area contributed by atoms with Crippen molar-refractivity contribution in [3.8, 4) is 0 Å². The molecule has 2 N–H and O–H groups in total. The Hall–Kier alpha value is -2.19. The van der Waals surface area contributed by atoms with Crippen LogP contribution < -0.4 is 5.73 Å². The van der Waals surface area contributed by atoms with Crippen molar-refractivity contribution >= 4 is 17.8 Å². The number of esters is 2. The molecule has 21 heavy (non-hydrogen) atoms. The van der Waals surface area contributed by atoms with Gasteiger partial charge in [0.05, 0.1) is 18.7 Å². The largest absolute Gasteiger partial charge is 0.463 e. The van der Waals surface area contributed by atoms with E-state index in [0.717, 1.165) is 5.01 Å². The van der Waals surface area contributed by atoms with Crippen LogP contribution in [0.25, 0.3) is 0 Å². The summed E-state index contributed by atoms with van der Waals surface area (Å²) in [6, 6.07) is -0.726. The molecule has 0 unspecified atom stereocenters. The van der Waals surface area contributed by atoms with Crippen LogP contribution in [0.2, 0.25) is 0 Å². The maximum absolute atomic E-state index is 12.1. The summed E-state index contributed by atoms with van der Waals surface area (Å²) < 4.78 is 9.86. The first kappa shape index (κ1) is 15.2. The number of hydrazine groups is 1. The lowest BCUT2D eigenvalue weighted by Gasteiger charge is -2.20. The highest BCUT2D eigenvalue weighted by molar-refractivity contribution is 6.05. The third-order valence-corrected chi connectivity index (χ3v) is 3.10. The first-order chi connectivity index (χ1) is 10.0. The molecule has 0 spiro atoms. The number of amides is 1. The van der Waals surface area contributed by atoms with Crippen LogP contribution in [0.4, 0.5) is 0 Å². The molecular weight excluding hydrogens is 278 g/mol. The van der Waals surface area contributed by atoms with Crippen LogP contribution in [0.3, 0.4) is 0 Å². The molecular formula is C13H17N3O5. The fourth-order valence-electron chi connectivity index (χ4n) is 2.25. The molecule has 2 heterocycles. The summed E-state index contributed by atoms with van der Waals surface area (Å²) in [7, 11) is 0. The summed E-state index contributed by atoms with van der Waals surface area (Å²) in [6.45, 7) is 5.58. The van der Waals surface area contributed by atoms with E-state index in [1.165, 1.54) is 11.1 Å². The van der Waals surface area contributed by atoms with Gasteiger partial charge >= 0.3 is 11.9 Å². The highest BCUT2D eigenvalue weighted by atomic mass is 16.5. The average molecular weight is 295 g/mol. The number of carbonyl (C=O) groups is 3. The minimum Gasteiger partial charge on any atom is -0.463 e. The van der Waals surface area contributed by atoms with E-state index in [1.807, 2.05) is 0 Å². The van der Waals surface area contributed by atoms with Gasteiger partial charge in [-0.2, -0.15) is 0 Å². The lowest BCUT2D eigenvalue weighted by atomic mass is 10.2. The third-order valence-electron chi connectivity index (χ3n) is 3.10. The van der Waals surface area contributed by atoms with E-state index < -0.39 is 23.9 Å². The Labute approximate surface area is 121 Å². The Bertz CT molecular complexity index is 528. The van der Waals surface area contributed by atoms with Gasteiger partial charge in [0.25, 0.3) is 5.91 Å². The van der Waals surface area contributed by atoms with Crippen molar-refractivity contribution < 1.29 is 23.9 Å². The SMILES string of the molecule is C=CCOC(=O)C1=C(C(=O)OCC)CN2C[C@H](N)C(=O)N12. The van der Waals surface area contributed by atoms with Gasteiger partial charge in [0.2, 0.25) is 0 Å². The molecule has 2 aliphatic rings. The Kier molecular flexibility index (Phi) is 4.39. The Morgan fingerprint density at radius 3 is 2.76 bits per heavy atom. The van der Waals surface area contributed by atoms with Crippen LogP contribution in [-0.4, -0.2) is 60.2 Å². The van der Waals surface area contributed by atoms with Gasteiger partial charge in [-0.1, -0.05) is 12.7 Å². The first-order valence-corrected chi connectivity index (χ1v) is 6.54. The number of hydrogen-bond acceptors (Lipinski definition) is 7. The quantitative estimate of drug-likeness (QED) is 0.509. The van der Waals surface area contributed by atoms with Crippen molar-refractivity contribution in [1.29, 1.82) is 0 Å². The van der Waals surface area contributed by atoms with Gasteiger partial charge in [-0.3, -0.25) is 4.79 Å². The number of nitrogens with two attached hydrogens (primary N) is 1. The van der Waals surface area contributed by atoms with Gasteiger partial charge in [0.1, 0.15) is 12.6 Å². The molecule has 0 aromatic rings. The smallest absolute Gasteiger partial charge is 0.357 e. The van der Waals surface area contributed by atoms with E-state index >= 15 is 0 Å². The molecule has 1 atom stereocenters. The van der Waals surface area contributed by atoms with E-state index in [0.29, 0.717) is 0 Å². The van der Waals surface area contributed by atoms with Crippen molar-refractivity contribution in [3.63, 3.8) is 0 Å². The summed E-state index contributed by atoms with van der Waals surface area (Å²) in [6.07, 6.45) is 1.40. The van der Waals surface area contributed by atoms with Gasteiger partial charge in [-0.15, -0.1) is 0 Å². The van der Waals surface area contributed by atoms with Gasteiger partial charge in [-0.05, 0) is 6.92 Å². The highest BCUT2D eigenvalue weighted by Crippen LogP contribution is 2.30. The summed E-state index contributed by atoms with van der Waals surface area (Å²) in [5.74, 6) is -1.86. The van der Waals surface area contributed by atoms with Crippen LogP contribution in [0.5, 0.6) is 0 Å². The van der Waals surface area contributed by atoms with E-state index in [1.54, 1.807) is 6.92 Å². The fraction of sp³-hybridized carbons (Fsp3) is 0.462. The molecule has 1 fully saturated rings. The molecule has 2 aliphatic heterocycles. The molecule has 1 saturated heterocycles. The summed E-state index contributed by atoms with van der Waals surface area (Å²) in [5.41, 5.74) is 5.66. The predicted molar refractivity (Wildman–Crippen MR) is 71.2 cm³/mol. The number of rotatable bonds is 5. The van der Waals surface area contributed by atoms with Crippen LogP contribution in [0.15, 0.2) is 23.9 Å². The molecule has 0 aromatic heterocycles. The molecule has 8 heteroatoms. The molecule has 0 aliphatic carbocycles. The zero-order valence-corrected chi connectivity index (χ0v) is 11.7. The fourth-order valence-corrected chi connectivity index (χ4v) is 2.25. The van der Waals surface area contributed by atoms with Crippen molar-refractivity contribution in [2.24, 2.45) is 5.73 Å². The number of fused-ring (bicyclic) bond motifs is 1. The van der Waals surface area contributed by atoms with E-state index in [4.69, 9.17) is 15.2 Å². The minimum absolute atomic E-state index is 0.0213. The summed E-state index contributed by atoms with van der Waals surface area (Å²) >= 11 is 0. The molecule has 0 saturated carbocycles. The van der Waals surface area contributed by atoms with Crippen LogP contribution in [-0.2, 0) is 23.9 Å². The average Bonchev–Trinajstić information content (AvgIpc) is 2.94. The maximum Gasteiger partial charge on any atom is 0.357 e. The molecule has 0 aromatic carbocycles. The number of nitrogens with zero attached hydrogens (tertiary/aromatic N) is 2. The van der Waals surface area contributed by atoms with E-state index in [-0.39, 0.29) is 37.6 Å². The number of ether oxygens (including phenoxy) is 2. The topological polar surface area (TPSA) is 102 Å². The van der Waals surface area contributed by atoms with Crippen LogP contribution in [0, 0.1) is 0 Å². The summed E-state index contributed by atoms with van der Waals surface area (Å²) in [4.78, 5) is 36.1. The van der Waals surface area contributed by atoms with Gasteiger partial charge in [0.15, 0.2) is 5.70 Å². The van der Waals surface area contributed by atoms with Gasteiger partial charge in [-0.25, -0.2) is 19.6 Å². The zero-order valence-electron chi connectivity index (χ0n) is 11.7. The number of carbonyl (C=O) groups excluding carboxylic acids is 3. The molecule has 114 valence electrons. The summed E-state index contributed by atoms with van der Waals surface area (Å²) in [5, 5.41) is 2.64. The van der Waals surface area contributed by atoms with E-state index in [9.17, 15) is 14.4 Å².